The summed E-state index contributed by atoms with van der Waals surface area (Å²) in [5, 5.41) is 13.1. The van der Waals surface area contributed by atoms with Gasteiger partial charge in [-0.05, 0) is 18.2 Å². The van der Waals surface area contributed by atoms with E-state index in [2.05, 4.69) is 31.2 Å². The van der Waals surface area contributed by atoms with Crippen molar-refractivity contribution in [1.82, 2.24) is 9.97 Å². The lowest BCUT2D eigenvalue weighted by Gasteiger charge is -2.07. The van der Waals surface area contributed by atoms with E-state index in [0.29, 0.717) is 4.47 Å². The summed E-state index contributed by atoms with van der Waals surface area (Å²) in [5.41, 5.74) is -0.465. The molecule has 0 spiro atoms. The first kappa shape index (κ1) is 13.6. The maximum atomic E-state index is 13.6. The average Bonchev–Trinajstić information content (AvgIpc) is 2.32. The third kappa shape index (κ3) is 2.96. The number of nitrogens with zero attached hydrogens (tertiary/aromatic N) is 3. The summed E-state index contributed by atoms with van der Waals surface area (Å²) in [6, 6.07) is 4.22. The van der Waals surface area contributed by atoms with Crippen LogP contribution < -0.4 is 5.32 Å². The molecule has 2 rings (SSSR count). The molecule has 2 aromatic rings. The van der Waals surface area contributed by atoms with Crippen LogP contribution in [0.1, 0.15) is 0 Å². The fourth-order valence-electron chi connectivity index (χ4n) is 1.33. The number of halogens is 3. The molecule has 0 fully saturated rings. The van der Waals surface area contributed by atoms with Gasteiger partial charge >= 0.3 is 5.69 Å². The molecule has 9 heteroatoms. The predicted molar refractivity (Wildman–Crippen MR) is 71.1 cm³/mol. The van der Waals surface area contributed by atoms with Crippen molar-refractivity contribution in [1.29, 1.82) is 0 Å². The van der Waals surface area contributed by atoms with Gasteiger partial charge in [0.1, 0.15) is 12.1 Å². The third-order valence-corrected chi connectivity index (χ3v) is 2.91. The third-order valence-electron chi connectivity index (χ3n) is 2.14. The monoisotopic (exact) mass is 346 g/mol. The molecule has 0 aliphatic rings. The number of nitro groups is 1. The van der Waals surface area contributed by atoms with E-state index >= 15 is 0 Å². The minimum atomic E-state index is -0.735. The maximum absolute atomic E-state index is 13.6. The molecule has 1 heterocycles. The summed E-state index contributed by atoms with van der Waals surface area (Å²) in [7, 11) is 0. The summed E-state index contributed by atoms with van der Waals surface area (Å²) in [4.78, 5) is 17.3. The Morgan fingerprint density at radius 1 is 1.42 bits per heavy atom. The molecule has 0 saturated heterocycles. The van der Waals surface area contributed by atoms with Crippen LogP contribution >= 0.6 is 27.5 Å². The SMILES string of the molecule is O=[N+]([O-])c1c(Cl)ncnc1Nc1ccc(Br)cc1F. The van der Waals surface area contributed by atoms with E-state index in [1.54, 1.807) is 6.07 Å². The second kappa shape index (κ2) is 5.45. The van der Waals surface area contributed by atoms with Gasteiger partial charge in [0.25, 0.3) is 0 Å². The van der Waals surface area contributed by atoms with Gasteiger partial charge < -0.3 is 5.32 Å². The molecule has 0 atom stereocenters. The van der Waals surface area contributed by atoms with Crippen molar-refractivity contribution in [3.05, 3.63) is 50.1 Å². The zero-order valence-corrected chi connectivity index (χ0v) is 11.4. The molecule has 6 nitrogen and oxygen atoms in total. The van der Waals surface area contributed by atoms with E-state index in [9.17, 15) is 14.5 Å². The lowest BCUT2D eigenvalue weighted by molar-refractivity contribution is -0.384. The minimum absolute atomic E-state index is 0.0427. The molecular weight excluding hydrogens is 342 g/mol. The Morgan fingerprint density at radius 2 is 2.16 bits per heavy atom. The van der Waals surface area contributed by atoms with Crippen molar-refractivity contribution in [3.8, 4) is 0 Å². The number of nitrogens with one attached hydrogen (secondary N) is 1. The quantitative estimate of drug-likeness (QED) is 0.520. The molecule has 1 aromatic carbocycles. The zero-order chi connectivity index (χ0) is 14.0. The molecule has 0 radical (unpaired) electrons. The number of hydrogen-bond donors (Lipinski definition) is 1. The lowest BCUT2D eigenvalue weighted by Crippen LogP contribution is -2.02. The van der Waals surface area contributed by atoms with Gasteiger partial charge in [-0.3, -0.25) is 10.1 Å². The van der Waals surface area contributed by atoms with E-state index < -0.39 is 16.4 Å². The van der Waals surface area contributed by atoms with Crippen LogP contribution in [0.4, 0.5) is 21.6 Å². The van der Waals surface area contributed by atoms with E-state index in [0.717, 1.165) is 6.33 Å². The zero-order valence-electron chi connectivity index (χ0n) is 9.10. The fourth-order valence-corrected chi connectivity index (χ4v) is 1.86. The van der Waals surface area contributed by atoms with Crippen molar-refractivity contribution in [2.45, 2.75) is 0 Å². The van der Waals surface area contributed by atoms with Crippen molar-refractivity contribution in [3.63, 3.8) is 0 Å². The van der Waals surface area contributed by atoms with Crippen LogP contribution in [0.3, 0.4) is 0 Å². The largest absolute Gasteiger partial charge is 0.348 e. The predicted octanol–water partition coefficient (Wildman–Crippen LogP) is 3.68. The van der Waals surface area contributed by atoms with Gasteiger partial charge in [-0.1, -0.05) is 27.5 Å². The number of anilines is 2. The molecule has 0 unspecified atom stereocenters. The second-order valence-electron chi connectivity index (χ2n) is 3.37. The van der Waals surface area contributed by atoms with Crippen LogP contribution in [-0.2, 0) is 0 Å². The fraction of sp³-hybridized carbons (Fsp3) is 0. The summed E-state index contributed by atoms with van der Waals surface area (Å²) < 4.78 is 14.2. The first-order chi connectivity index (χ1) is 8.99. The standard InChI is InChI=1S/C10H5BrClFN4O2/c11-5-1-2-7(6(13)3-5)16-10-8(17(18)19)9(12)14-4-15-10/h1-4H,(H,14,15,16). The highest BCUT2D eigenvalue weighted by atomic mass is 79.9. The first-order valence-electron chi connectivity index (χ1n) is 4.86. The molecular formula is C10H5BrClFN4O2. The normalized spacial score (nSPS) is 10.3. The summed E-state index contributed by atoms with van der Waals surface area (Å²) in [6.45, 7) is 0. The molecule has 0 amide bonds. The van der Waals surface area contributed by atoms with E-state index in [1.807, 2.05) is 0 Å². The molecule has 0 aliphatic heterocycles. The van der Waals surface area contributed by atoms with Gasteiger partial charge in [-0.2, -0.15) is 0 Å². The Bertz CT molecular complexity index is 655. The van der Waals surface area contributed by atoms with Gasteiger partial charge in [0.05, 0.1) is 10.6 Å². The van der Waals surface area contributed by atoms with Gasteiger partial charge in [-0.15, -0.1) is 0 Å². The van der Waals surface area contributed by atoms with Gasteiger partial charge in [0, 0.05) is 4.47 Å². The van der Waals surface area contributed by atoms with Crippen molar-refractivity contribution in [2.24, 2.45) is 0 Å². The Hall–Kier alpha value is -1.80. The highest BCUT2D eigenvalue weighted by Gasteiger charge is 2.22. The molecule has 98 valence electrons. The highest BCUT2D eigenvalue weighted by molar-refractivity contribution is 9.10. The van der Waals surface area contributed by atoms with Crippen molar-refractivity contribution < 1.29 is 9.31 Å². The Labute approximate surface area is 119 Å². The van der Waals surface area contributed by atoms with Crippen LogP contribution in [-0.4, -0.2) is 14.9 Å². The minimum Gasteiger partial charge on any atom is -0.332 e. The molecule has 0 aliphatic carbocycles. The molecule has 0 bridgehead atoms. The van der Waals surface area contributed by atoms with Gasteiger partial charge in [0.2, 0.25) is 11.0 Å². The first-order valence-corrected chi connectivity index (χ1v) is 6.03. The Kier molecular flexibility index (Phi) is 3.91. The molecule has 0 saturated carbocycles. The highest BCUT2D eigenvalue weighted by Crippen LogP contribution is 2.31. The number of rotatable bonds is 3. The van der Waals surface area contributed by atoms with Crippen molar-refractivity contribution in [2.75, 3.05) is 5.32 Å². The summed E-state index contributed by atoms with van der Waals surface area (Å²) >= 11 is 8.73. The summed E-state index contributed by atoms with van der Waals surface area (Å²) in [6.07, 6.45) is 1.05. The average molecular weight is 348 g/mol. The second-order valence-corrected chi connectivity index (χ2v) is 4.64. The van der Waals surface area contributed by atoms with Crippen molar-refractivity contribution >= 4 is 44.7 Å². The smallest absolute Gasteiger partial charge is 0.332 e. The van der Waals surface area contributed by atoms with Crippen LogP contribution in [0.5, 0.6) is 0 Å². The van der Waals surface area contributed by atoms with Gasteiger partial charge in [0.15, 0.2) is 0 Å². The summed E-state index contributed by atoms with van der Waals surface area (Å²) in [5.74, 6) is -0.760. The molecule has 19 heavy (non-hydrogen) atoms. The Balaban J connectivity index is 2.44. The van der Waals surface area contributed by atoms with Crippen LogP contribution in [0.25, 0.3) is 0 Å². The number of benzene rings is 1. The van der Waals surface area contributed by atoms with Gasteiger partial charge in [-0.25, -0.2) is 14.4 Å². The van der Waals surface area contributed by atoms with E-state index in [-0.39, 0.29) is 16.7 Å². The lowest BCUT2D eigenvalue weighted by atomic mass is 10.3. The Morgan fingerprint density at radius 3 is 2.79 bits per heavy atom. The van der Waals surface area contributed by atoms with Crippen LogP contribution in [0.15, 0.2) is 29.0 Å². The van der Waals surface area contributed by atoms with E-state index in [1.165, 1.54) is 12.1 Å². The maximum Gasteiger partial charge on any atom is 0.348 e. The van der Waals surface area contributed by atoms with E-state index in [4.69, 9.17) is 11.6 Å². The number of hydrogen-bond acceptors (Lipinski definition) is 5. The number of aromatic nitrogens is 2. The molecule has 1 aromatic heterocycles. The van der Waals surface area contributed by atoms with Crippen LogP contribution in [0.2, 0.25) is 5.15 Å². The van der Waals surface area contributed by atoms with Crippen LogP contribution in [0, 0.1) is 15.9 Å². The molecule has 1 N–H and O–H groups in total. The topological polar surface area (TPSA) is 81.0 Å².